The monoisotopic (exact) mass is 286 g/mol. The van der Waals surface area contributed by atoms with Gasteiger partial charge in [0, 0.05) is 23.4 Å². The molecule has 1 N–H and O–H groups in total. The zero-order chi connectivity index (χ0) is 15.4. The molecule has 0 aliphatic rings. The molecular formula is C17H22N2O2. The Labute approximate surface area is 125 Å². The molecule has 1 aromatic carbocycles. The summed E-state index contributed by atoms with van der Waals surface area (Å²) in [6, 6.07) is 11.7. The molecule has 1 atom stereocenters. The first-order chi connectivity index (χ1) is 10.1. The first-order valence-corrected chi connectivity index (χ1v) is 7.07. The SMILES string of the molecule is CNC(C)c1ccc(OC)c(Cn2c(C)cccc2=O)c1. The van der Waals surface area contributed by atoms with Crippen molar-refractivity contribution in [2.45, 2.75) is 26.4 Å². The van der Waals surface area contributed by atoms with Gasteiger partial charge in [-0.15, -0.1) is 0 Å². The number of aromatic nitrogens is 1. The van der Waals surface area contributed by atoms with E-state index in [-0.39, 0.29) is 11.6 Å². The zero-order valence-electron chi connectivity index (χ0n) is 13.0. The zero-order valence-corrected chi connectivity index (χ0v) is 13.0. The number of benzene rings is 1. The molecule has 0 spiro atoms. The van der Waals surface area contributed by atoms with Gasteiger partial charge >= 0.3 is 0 Å². The summed E-state index contributed by atoms with van der Waals surface area (Å²) >= 11 is 0. The second-order valence-electron chi connectivity index (χ2n) is 5.17. The van der Waals surface area contributed by atoms with E-state index < -0.39 is 0 Å². The van der Waals surface area contributed by atoms with Crippen LogP contribution in [0.4, 0.5) is 0 Å². The van der Waals surface area contributed by atoms with Gasteiger partial charge in [-0.25, -0.2) is 0 Å². The van der Waals surface area contributed by atoms with E-state index in [2.05, 4.69) is 18.3 Å². The van der Waals surface area contributed by atoms with Crippen molar-refractivity contribution in [3.8, 4) is 5.75 Å². The summed E-state index contributed by atoms with van der Waals surface area (Å²) in [5, 5.41) is 3.22. The molecular weight excluding hydrogens is 264 g/mol. The minimum Gasteiger partial charge on any atom is -0.496 e. The van der Waals surface area contributed by atoms with Crippen LogP contribution in [0.2, 0.25) is 0 Å². The second-order valence-corrected chi connectivity index (χ2v) is 5.17. The summed E-state index contributed by atoms with van der Waals surface area (Å²) in [7, 11) is 3.58. The van der Waals surface area contributed by atoms with E-state index in [4.69, 9.17) is 4.74 Å². The van der Waals surface area contributed by atoms with Crippen LogP contribution in [0.25, 0.3) is 0 Å². The Bertz CT molecular complexity index is 677. The summed E-state index contributed by atoms with van der Waals surface area (Å²) in [5.74, 6) is 0.803. The Hall–Kier alpha value is -2.07. The summed E-state index contributed by atoms with van der Waals surface area (Å²) in [4.78, 5) is 12.0. The summed E-state index contributed by atoms with van der Waals surface area (Å²) < 4.78 is 7.19. The number of methoxy groups -OCH3 is 1. The number of nitrogens with zero attached hydrogens (tertiary/aromatic N) is 1. The molecule has 0 aliphatic heterocycles. The van der Waals surface area contributed by atoms with E-state index in [1.54, 1.807) is 23.8 Å². The minimum absolute atomic E-state index is 0.00382. The highest BCUT2D eigenvalue weighted by Crippen LogP contribution is 2.24. The molecule has 2 rings (SSSR count). The number of hydrogen-bond donors (Lipinski definition) is 1. The third kappa shape index (κ3) is 3.34. The standard InChI is InChI=1S/C17H22N2O2/c1-12-6-5-7-17(20)19(12)11-15-10-14(13(2)18-3)8-9-16(15)21-4/h5-10,13,18H,11H2,1-4H3. The van der Waals surface area contributed by atoms with Crippen LogP contribution in [0, 0.1) is 6.92 Å². The maximum atomic E-state index is 12.0. The van der Waals surface area contributed by atoms with Crippen molar-refractivity contribution >= 4 is 0 Å². The van der Waals surface area contributed by atoms with Gasteiger partial charge in [0.15, 0.2) is 0 Å². The van der Waals surface area contributed by atoms with Crippen molar-refractivity contribution in [2.24, 2.45) is 0 Å². The van der Waals surface area contributed by atoms with Crippen LogP contribution in [-0.2, 0) is 6.54 Å². The predicted molar refractivity (Wildman–Crippen MR) is 85.0 cm³/mol. The smallest absolute Gasteiger partial charge is 0.251 e. The lowest BCUT2D eigenvalue weighted by Gasteiger charge is -2.16. The molecule has 0 saturated carbocycles. The molecule has 1 heterocycles. The number of nitrogens with one attached hydrogen (secondary N) is 1. The van der Waals surface area contributed by atoms with Crippen molar-refractivity contribution < 1.29 is 4.74 Å². The van der Waals surface area contributed by atoms with Crippen LogP contribution in [0.15, 0.2) is 41.2 Å². The first kappa shape index (κ1) is 15.3. The van der Waals surface area contributed by atoms with Gasteiger partial charge in [0.05, 0.1) is 13.7 Å². The molecule has 4 nitrogen and oxygen atoms in total. The van der Waals surface area contributed by atoms with Gasteiger partial charge in [-0.1, -0.05) is 12.1 Å². The molecule has 21 heavy (non-hydrogen) atoms. The molecule has 0 saturated heterocycles. The Morgan fingerprint density at radius 2 is 2.05 bits per heavy atom. The van der Waals surface area contributed by atoms with Gasteiger partial charge in [-0.2, -0.15) is 0 Å². The van der Waals surface area contributed by atoms with Gasteiger partial charge in [-0.3, -0.25) is 4.79 Å². The van der Waals surface area contributed by atoms with E-state index in [1.807, 2.05) is 32.2 Å². The Balaban J connectivity index is 2.44. The topological polar surface area (TPSA) is 43.3 Å². The Morgan fingerprint density at radius 3 is 2.67 bits per heavy atom. The second kappa shape index (κ2) is 6.59. The van der Waals surface area contributed by atoms with Gasteiger partial charge in [-0.05, 0) is 44.7 Å². The van der Waals surface area contributed by atoms with Gasteiger partial charge in [0.2, 0.25) is 0 Å². The van der Waals surface area contributed by atoms with Crippen LogP contribution < -0.4 is 15.6 Å². The lowest BCUT2D eigenvalue weighted by Crippen LogP contribution is -2.22. The highest BCUT2D eigenvalue weighted by molar-refractivity contribution is 5.38. The number of ether oxygens (including phenoxy) is 1. The lowest BCUT2D eigenvalue weighted by atomic mass is 10.0. The first-order valence-electron chi connectivity index (χ1n) is 7.07. The summed E-state index contributed by atoms with van der Waals surface area (Å²) in [5.41, 5.74) is 3.13. The Morgan fingerprint density at radius 1 is 1.29 bits per heavy atom. The van der Waals surface area contributed by atoms with E-state index in [9.17, 15) is 4.79 Å². The van der Waals surface area contributed by atoms with Crippen molar-refractivity contribution in [3.63, 3.8) is 0 Å². The van der Waals surface area contributed by atoms with E-state index in [0.717, 1.165) is 17.0 Å². The molecule has 0 radical (unpaired) electrons. The van der Waals surface area contributed by atoms with E-state index >= 15 is 0 Å². The molecule has 0 bridgehead atoms. The molecule has 0 aliphatic carbocycles. The summed E-state index contributed by atoms with van der Waals surface area (Å²) in [6.07, 6.45) is 0. The van der Waals surface area contributed by atoms with Crippen molar-refractivity contribution in [1.29, 1.82) is 0 Å². The van der Waals surface area contributed by atoms with Gasteiger partial charge in [0.1, 0.15) is 5.75 Å². The minimum atomic E-state index is 0.00382. The third-order valence-corrected chi connectivity index (χ3v) is 3.83. The van der Waals surface area contributed by atoms with Crippen molar-refractivity contribution in [1.82, 2.24) is 9.88 Å². The highest BCUT2D eigenvalue weighted by atomic mass is 16.5. The van der Waals surface area contributed by atoms with E-state index in [0.29, 0.717) is 6.54 Å². The van der Waals surface area contributed by atoms with Crippen LogP contribution in [-0.4, -0.2) is 18.7 Å². The molecule has 1 unspecified atom stereocenters. The lowest BCUT2D eigenvalue weighted by molar-refractivity contribution is 0.407. The van der Waals surface area contributed by atoms with Crippen LogP contribution in [0.5, 0.6) is 5.75 Å². The number of rotatable bonds is 5. The highest BCUT2D eigenvalue weighted by Gasteiger charge is 2.10. The third-order valence-electron chi connectivity index (χ3n) is 3.83. The fraction of sp³-hybridized carbons (Fsp3) is 0.353. The summed E-state index contributed by atoms with van der Waals surface area (Å²) in [6.45, 7) is 4.55. The quantitative estimate of drug-likeness (QED) is 0.918. The number of aryl methyl sites for hydroxylation is 1. The molecule has 0 amide bonds. The van der Waals surface area contributed by atoms with E-state index in [1.165, 1.54) is 5.56 Å². The average Bonchev–Trinajstić information content (AvgIpc) is 2.50. The normalized spacial score (nSPS) is 12.2. The van der Waals surface area contributed by atoms with Crippen LogP contribution in [0.1, 0.15) is 29.8 Å². The Kier molecular flexibility index (Phi) is 4.81. The van der Waals surface area contributed by atoms with Crippen molar-refractivity contribution in [3.05, 3.63) is 63.6 Å². The van der Waals surface area contributed by atoms with Crippen LogP contribution in [0.3, 0.4) is 0 Å². The largest absolute Gasteiger partial charge is 0.496 e. The van der Waals surface area contributed by atoms with Crippen molar-refractivity contribution in [2.75, 3.05) is 14.2 Å². The molecule has 4 heteroatoms. The number of pyridine rings is 1. The van der Waals surface area contributed by atoms with Gasteiger partial charge < -0.3 is 14.6 Å². The van der Waals surface area contributed by atoms with Crippen LogP contribution >= 0.6 is 0 Å². The number of hydrogen-bond acceptors (Lipinski definition) is 3. The predicted octanol–water partition coefficient (Wildman–Crippen LogP) is 2.49. The molecule has 0 fully saturated rings. The molecule has 2 aromatic rings. The fourth-order valence-corrected chi connectivity index (χ4v) is 2.35. The maximum absolute atomic E-state index is 12.0. The van der Waals surface area contributed by atoms with Gasteiger partial charge in [0.25, 0.3) is 5.56 Å². The molecule has 1 aromatic heterocycles. The average molecular weight is 286 g/mol. The fourth-order valence-electron chi connectivity index (χ4n) is 2.35. The maximum Gasteiger partial charge on any atom is 0.251 e. The molecule has 112 valence electrons.